The summed E-state index contributed by atoms with van der Waals surface area (Å²) in [6, 6.07) is 16.2. The minimum atomic E-state index is -0.960. The van der Waals surface area contributed by atoms with Crippen molar-refractivity contribution < 1.29 is 14.6 Å². The maximum atomic E-state index is 10.6. The molecule has 0 aliphatic heterocycles. The second kappa shape index (κ2) is 7.53. The van der Waals surface area contributed by atoms with Crippen molar-refractivity contribution in [3.8, 4) is 5.75 Å². The highest BCUT2D eigenvalue weighted by Crippen LogP contribution is 2.27. The first-order valence-corrected chi connectivity index (χ1v) is 7.96. The van der Waals surface area contributed by atoms with Gasteiger partial charge in [-0.25, -0.2) is 4.79 Å². The van der Waals surface area contributed by atoms with Crippen LogP contribution in [0, 0.1) is 0 Å². The Labute approximate surface area is 146 Å². The summed E-state index contributed by atoms with van der Waals surface area (Å²) in [7, 11) is 1.65. The Kier molecular flexibility index (Phi) is 5.00. The molecular weight excluding hydrogens is 314 g/mol. The number of methoxy groups -OCH3 is 1. The molecular formula is C21H19NO3. The van der Waals surface area contributed by atoms with Crippen molar-refractivity contribution in [2.75, 3.05) is 7.11 Å². The lowest BCUT2D eigenvalue weighted by Gasteiger charge is -2.06. The fourth-order valence-corrected chi connectivity index (χ4v) is 2.77. The number of hydrogen-bond donors (Lipinski definition) is 1. The van der Waals surface area contributed by atoms with Crippen LogP contribution in [-0.2, 0) is 11.3 Å². The topological polar surface area (TPSA) is 51.5 Å². The van der Waals surface area contributed by atoms with Gasteiger partial charge in [-0.15, -0.1) is 0 Å². The fourth-order valence-electron chi connectivity index (χ4n) is 2.77. The predicted molar refractivity (Wildman–Crippen MR) is 99.8 cm³/mol. The summed E-state index contributed by atoms with van der Waals surface area (Å²) in [5.74, 6) is -0.168. The average molecular weight is 333 g/mol. The van der Waals surface area contributed by atoms with E-state index < -0.39 is 5.97 Å². The van der Waals surface area contributed by atoms with Crippen molar-refractivity contribution in [3.05, 3.63) is 84.1 Å². The SMILES string of the molecule is COc1ccc2c(c1)c(C=CC=CC(=O)O)cn2Cc1ccccc1. The lowest BCUT2D eigenvalue weighted by Crippen LogP contribution is -1.97. The number of benzene rings is 2. The van der Waals surface area contributed by atoms with Gasteiger partial charge in [0, 0.05) is 35.3 Å². The molecule has 0 unspecified atom stereocenters. The number of hydrogen-bond acceptors (Lipinski definition) is 2. The van der Waals surface area contributed by atoms with Gasteiger partial charge < -0.3 is 14.4 Å². The van der Waals surface area contributed by atoms with Crippen LogP contribution in [0.5, 0.6) is 5.75 Å². The number of nitrogens with zero attached hydrogens (tertiary/aromatic N) is 1. The van der Waals surface area contributed by atoms with Crippen LogP contribution in [0.4, 0.5) is 0 Å². The van der Waals surface area contributed by atoms with E-state index in [2.05, 4.69) is 22.9 Å². The Morgan fingerprint density at radius 2 is 1.96 bits per heavy atom. The number of carboxylic acid groups (broad SMARTS) is 1. The summed E-state index contributed by atoms with van der Waals surface area (Å²) >= 11 is 0. The van der Waals surface area contributed by atoms with Gasteiger partial charge in [-0.05, 0) is 23.8 Å². The molecule has 0 spiro atoms. The molecule has 0 aliphatic rings. The van der Waals surface area contributed by atoms with Gasteiger partial charge in [0.15, 0.2) is 0 Å². The summed E-state index contributed by atoms with van der Waals surface area (Å²) in [5.41, 5.74) is 3.34. The lowest BCUT2D eigenvalue weighted by atomic mass is 10.1. The van der Waals surface area contributed by atoms with E-state index in [1.165, 1.54) is 11.6 Å². The second-order valence-electron chi connectivity index (χ2n) is 5.64. The number of fused-ring (bicyclic) bond motifs is 1. The van der Waals surface area contributed by atoms with E-state index in [-0.39, 0.29) is 0 Å². The van der Waals surface area contributed by atoms with Gasteiger partial charge in [-0.1, -0.05) is 48.6 Å². The lowest BCUT2D eigenvalue weighted by molar-refractivity contribution is -0.131. The molecule has 0 fully saturated rings. The molecule has 126 valence electrons. The highest BCUT2D eigenvalue weighted by atomic mass is 16.5. The largest absolute Gasteiger partial charge is 0.497 e. The van der Waals surface area contributed by atoms with Gasteiger partial charge in [0.05, 0.1) is 7.11 Å². The Balaban J connectivity index is 2.01. The van der Waals surface area contributed by atoms with Gasteiger partial charge in [0.1, 0.15) is 5.75 Å². The molecule has 1 aromatic heterocycles. The third-order valence-corrected chi connectivity index (χ3v) is 3.94. The Hall–Kier alpha value is -3.27. The van der Waals surface area contributed by atoms with Crippen LogP contribution in [0.25, 0.3) is 17.0 Å². The van der Waals surface area contributed by atoms with E-state index in [9.17, 15) is 4.79 Å². The van der Waals surface area contributed by atoms with Gasteiger partial charge in [-0.2, -0.15) is 0 Å². The Morgan fingerprint density at radius 3 is 2.68 bits per heavy atom. The summed E-state index contributed by atoms with van der Waals surface area (Å²) in [6.45, 7) is 0.766. The molecule has 0 radical (unpaired) electrons. The van der Waals surface area contributed by atoms with Crippen LogP contribution in [0.1, 0.15) is 11.1 Å². The zero-order valence-electron chi connectivity index (χ0n) is 13.9. The highest BCUT2D eigenvalue weighted by molar-refractivity contribution is 5.91. The van der Waals surface area contributed by atoms with Gasteiger partial charge in [0.2, 0.25) is 0 Å². The van der Waals surface area contributed by atoms with Crippen molar-refractivity contribution in [3.63, 3.8) is 0 Å². The molecule has 0 aliphatic carbocycles. The van der Waals surface area contributed by atoms with Crippen LogP contribution in [0.2, 0.25) is 0 Å². The number of allylic oxidation sites excluding steroid dienone is 2. The van der Waals surface area contributed by atoms with Crippen molar-refractivity contribution in [2.45, 2.75) is 6.54 Å². The first-order chi connectivity index (χ1) is 12.2. The van der Waals surface area contributed by atoms with E-state index in [0.717, 1.165) is 34.8 Å². The Morgan fingerprint density at radius 1 is 1.16 bits per heavy atom. The number of aromatic nitrogens is 1. The highest BCUT2D eigenvalue weighted by Gasteiger charge is 2.08. The van der Waals surface area contributed by atoms with Crippen LogP contribution in [0.15, 0.2) is 73.0 Å². The Bertz CT molecular complexity index is 936. The average Bonchev–Trinajstić information content (AvgIpc) is 2.96. The zero-order valence-corrected chi connectivity index (χ0v) is 13.9. The monoisotopic (exact) mass is 333 g/mol. The third kappa shape index (κ3) is 3.98. The van der Waals surface area contributed by atoms with Crippen molar-refractivity contribution in [2.24, 2.45) is 0 Å². The second-order valence-corrected chi connectivity index (χ2v) is 5.64. The van der Waals surface area contributed by atoms with E-state index in [0.29, 0.717) is 0 Å². The maximum Gasteiger partial charge on any atom is 0.328 e. The van der Waals surface area contributed by atoms with Crippen LogP contribution >= 0.6 is 0 Å². The third-order valence-electron chi connectivity index (χ3n) is 3.94. The van der Waals surface area contributed by atoms with E-state index in [1.54, 1.807) is 13.2 Å². The molecule has 0 bridgehead atoms. The van der Waals surface area contributed by atoms with E-state index in [4.69, 9.17) is 9.84 Å². The molecule has 25 heavy (non-hydrogen) atoms. The minimum absolute atomic E-state index is 0.766. The molecule has 3 rings (SSSR count). The molecule has 2 aromatic carbocycles. The molecule has 0 amide bonds. The molecule has 4 heteroatoms. The first-order valence-electron chi connectivity index (χ1n) is 7.96. The summed E-state index contributed by atoms with van der Waals surface area (Å²) in [4.78, 5) is 10.6. The van der Waals surface area contributed by atoms with E-state index >= 15 is 0 Å². The zero-order chi connectivity index (χ0) is 17.6. The van der Waals surface area contributed by atoms with Gasteiger partial charge in [-0.3, -0.25) is 0 Å². The normalized spacial score (nSPS) is 11.6. The van der Waals surface area contributed by atoms with Crippen LogP contribution in [-0.4, -0.2) is 22.8 Å². The molecule has 1 heterocycles. The number of carbonyl (C=O) groups is 1. The number of aliphatic carboxylic acids is 1. The predicted octanol–water partition coefficient (Wildman–Crippen LogP) is 4.35. The number of carboxylic acids is 1. The molecule has 3 aromatic rings. The minimum Gasteiger partial charge on any atom is -0.497 e. The molecule has 0 saturated heterocycles. The number of ether oxygens (including phenoxy) is 1. The van der Waals surface area contributed by atoms with Crippen molar-refractivity contribution in [1.29, 1.82) is 0 Å². The van der Waals surface area contributed by atoms with Crippen LogP contribution < -0.4 is 4.74 Å². The molecule has 1 N–H and O–H groups in total. The molecule has 0 saturated carbocycles. The first kappa shape index (κ1) is 16.6. The maximum absolute atomic E-state index is 10.6. The fraction of sp³-hybridized carbons (Fsp3) is 0.0952. The van der Waals surface area contributed by atoms with Gasteiger partial charge >= 0.3 is 5.97 Å². The van der Waals surface area contributed by atoms with Crippen molar-refractivity contribution in [1.82, 2.24) is 4.57 Å². The van der Waals surface area contributed by atoms with E-state index in [1.807, 2.05) is 42.5 Å². The van der Waals surface area contributed by atoms with Gasteiger partial charge in [0.25, 0.3) is 0 Å². The number of rotatable bonds is 6. The summed E-state index contributed by atoms with van der Waals surface area (Å²) < 4.78 is 7.52. The smallest absolute Gasteiger partial charge is 0.328 e. The standard InChI is InChI=1S/C21H19NO3/c1-25-18-11-12-20-19(13-18)17(9-5-6-10-21(23)24)15-22(20)14-16-7-3-2-4-8-16/h2-13,15H,14H2,1H3,(H,23,24). The van der Waals surface area contributed by atoms with Crippen molar-refractivity contribution >= 4 is 22.9 Å². The summed E-state index contributed by atoms with van der Waals surface area (Å²) in [6.07, 6.45) is 8.34. The van der Waals surface area contributed by atoms with Crippen LogP contribution in [0.3, 0.4) is 0 Å². The molecule has 0 atom stereocenters. The molecule has 4 nitrogen and oxygen atoms in total. The quantitative estimate of drug-likeness (QED) is 0.539. The summed E-state index contributed by atoms with van der Waals surface area (Å²) in [5, 5.41) is 9.74.